The summed E-state index contributed by atoms with van der Waals surface area (Å²) in [5.41, 5.74) is -3.17. The second-order valence-electron chi connectivity index (χ2n) is 13.2. The molecule has 4 saturated carbocycles. The number of carbonyl (C=O) groups is 1. The van der Waals surface area contributed by atoms with Crippen LogP contribution in [0.1, 0.15) is 63.9 Å². The van der Waals surface area contributed by atoms with Crippen molar-refractivity contribution in [2.45, 2.75) is 107 Å². The van der Waals surface area contributed by atoms with E-state index >= 15 is 0 Å². The van der Waals surface area contributed by atoms with E-state index < -0.39 is 82.6 Å². The highest BCUT2D eigenvalue weighted by Gasteiger charge is 2.74. The van der Waals surface area contributed by atoms with Crippen molar-refractivity contribution in [3.63, 3.8) is 0 Å². The summed E-state index contributed by atoms with van der Waals surface area (Å²) in [6, 6.07) is 2.93. The van der Waals surface area contributed by atoms with Crippen LogP contribution < -0.4 is 5.63 Å². The summed E-state index contributed by atoms with van der Waals surface area (Å²) in [5, 5.41) is 65.6. The van der Waals surface area contributed by atoms with Gasteiger partial charge < -0.3 is 44.5 Å². The number of ether oxygens (including phenoxy) is 2. The lowest BCUT2D eigenvalue weighted by Crippen LogP contribution is -2.71. The number of aliphatic hydroxyl groups excluding tert-OH is 5. The first kappa shape index (κ1) is 28.4. The Bertz CT molecular complexity index is 1180. The number of carbonyl (C=O) groups excluding carboxylic acids is 1. The number of rotatable bonds is 3. The summed E-state index contributed by atoms with van der Waals surface area (Å²) >= 11 is 0. The Kier molecular flexibility index (Phi) is 6.87. The van der Waals surface area contributed by atoms with Gasteiger partial charge in [-0.3, -0.25) is 4.79 Å². The molecule has 1 aromatic heterocycles. The molecule has 11 nitrogen and oxygen atoms in total. The van der Waals surface area contributed by atoms with Gasteiger partial charge in [0.05, 0.1) is 36.1 Å². The number of hydrogen-bond acceptors (Lipinski definition) is 11. The van der Waals surface area contributed by atoms with Crippen LogP contribution in [0.5, 0.6) is 0 Å². The number of ketones is 1. The minimum absolute atomic E-state index is 0.210. The first-order valence-corrected chi connectivity index (χ1v) is 14.4. The molecule has 2 heterocycles. The van der Waals surface area contributed by atoms with E-state index in [-0.39, 0.29) is 18.4 Å². The van der Waals surface area contributed by atoms with Crippen LogP contribution in [0.2, 0.25) is 0 Å². The van der Waals surface area contributed by atoms with Crippen LogP contribution >= 0.6 is 0 Å². The van der Waals surface area contributed by atoms with Crippen molar-refractivity contribution in [3.8, 4) is 0 Å². The molecule has 5 aliphatic rings. The Morgan fingerprint density at radius 3 is 2.33 bits per heavy atom. The Hall–Kier alpha value is -1.70. The molecule has 5 fully saturated rings. The molecule has 222 valence electrons. The Morgan fingerprint density at radius 1 is 0.900 bits per heavy atom. The Morgan fingerprint density at radius 2 is 1.62 bits per heavy atom. The lowest BCUT2D eigenvalue weighted by Gasteiger charge is -2.64. The largest absolute Gasteiger partial charge is 0.431 e. The van der Waals surface area contributed by atoms with Gasteiger partial charge in [-0.15, -0.1) is 0 Å². The molecule has 6 N–H and O–H groups in total. The molecule has 6 rings (SSSR count). The van der Waals surface area contributed by atoms with Gasteiger partial charge in [-0.2, -0.15) is 0 Å². The third kappa shape index (κ3) is 3.79. The highest BCUT2D eigenvalue weighted by Crippen LogP contribution is 2.69. The Balaban J connectivity index is 1.26. The second-order valence-corrected chi connectivity index (χ2v) is 13.2. The summed E-state index contributed by atoms with van der Waals surface area (Å²) in [5.74, 6) is -2.14. The molecule has 40 heavy (non-hydrogen) atoms. The molecule has 0 aromatic carbocycles. The lowest BCUT2D eigenvalue weighted by molar-refractivity contribution is -0.305. The van der Waals surface area contributed by atoms with Crippen LogP contribution in [0.15, 0.2) is 27.6 Å². The van der Waals surface area contributed by atoms with E-state index in [1.807, 2.05) is 6.92 Å². The quantitative estimate of drug-likeness (QED) is 0.268. The van der Waals surface area contributed by atoms with Gasteiger partial charge in [0.1, 0.15) is 24.4 Å². The topological polar surface area (TPSA) is 187 Å². The molecule has 0 amide bonds. The van der Waals surface area contributed by atoms with Crippen molar-refractivity contribution in [2.24, 2.45) is 28.6 Å². The zero-order chi connectivity index (χ0) is 28.8. The third-order valence-corrected chi connectivity index (χ3v) is 11.6. The van der Waals surface area contributed by atoms with E-state index in [1.54, 1.807) is 13.0 Å². The lowest BCUT2D eigenvalue weighted by atomic mass is 9.41. The maximum Gasteiger partial charge on any atom is 0.335 e. The maximum absolute atomic E-state index is 14.1. The molecule has 0 radical (unpaired) electrons. The van der Waals surface area contributed by atoms with Crippen molar-refractivity contribution in [3.05, 3.63) is 34.4 Å². The average molecular weight is 565 g/mol. The highest BCUT2D eigenvalue weighted by molar-refractivity contribution is 5.93. The fraction of sp³-hybridized carbons (Fsp3) is 0.793. The van der Waals surface area contributed by atoms with E-state index in [2.05, 4.69) is 0 Å². The van der Waals surface area contributed by atoms with Gasteiger partial charge in [0.15, 0.2) is 12.1 Å². The molecule has 0 bridgehead atoms. The summed E-state index contributed by atoms with van der Waals surface area (Å²) in [6.07, 6.45) is -4.29. The SMILES string of the molecule is CC12CCC(OC3OCC(O)C(O)C3O)C(O)C1CCC1C2C(O)C(=O)C2(C)C(c3ccc(=O)oc3)CCC12O. The fourth-order valence-electron chi connectivity index (χ4n) is 9.42. The van der Waals surface area contributed by atoms with Gasteiger partial charge in [0, 0.05) is 17.9 Å². The van der Waals surface area contributed by atoms with Crippen LogP contribution in [0, 0.1) is 28.6 Å². The van der Waals surface area contributed by atoms with E-state index in [1.165, 1.54) is 12.3 Å². The van der Waals surface area contributed by atoms with Crippen molar-refractivity contribution in [2.75, 3.05) is 6.61 Å². The molecule has 11 heteroatoms. The number of fused-ring (bicyclic) bond motifs is 5. The van der Waals surface area contributed by atoms with Crippen LogP contribution in [-0.2, 0) is 14.3 Å². The predicted molar refractivity (Wildman–Crippen MR) is 137 cm³/mol. The molecular formula is C29H40O11. The van der Waals surface area contributed by atoms with E-state index in [4.69, 9.17) is 13.9 Å². The average Bonchev–Trinajstić information content (AvgIpc) is 3.21. The molecule has 14 atom stereocenters. The van der Waals surface area contributed by atoms with E-state index in [0.717, 1.165) is 0 Å². The van der Waals surface area contributed by atoms with Gasteiger partial charge in [-0.25, -0.2) is 4.79 Å². The summed E-state index contributed by atoms with van der Waals surface area (Å²) < 4.78 is 16.4. The summed E-state index contributed by atoms with van der Waals surface area (Å²) in [7, 11) is 0. The van der Waals surface area contributed by atoms with Crippen molar-refractivity contribution >= 4 is 5.78 Å². The zero-order valence-electron chi connectivity index (χ0n) is 22.8. The second kappa shape index (κ2) is 9.67. The molecule has 1 aromatic rings. The summed E-state index contributed by atoms with van der Waals surface area (Å²) in [6.45, 7) is 3.49. The van der Waals surface area contributed by atoms with Crippen LogP contribution in [-0.4, -0.2) is 91.5 Å². The summed E-state index contributed by atoms with van der Waals surface area (Å²) in [4.78, 5) is 25.6. The number of aliphatic hydroxyl groups is 6. The molecule has 4 aliphatic carbocycles. The zero-order valence-corrected chi connectivity index (χ0v) is 22.8. The van der Waals surface area contributed by atoms with Gasteiger partial charge in [-0.05, 0) is 74.3 Å². The maximum atomic E-state index is 14.1. The van der Waals surface area contributed by atoms with E-state index in [0.29, 0.717) is 44.1 Å². The van der Waals surface area contributed by atoms with Crippen LogP contribution in [0.25, 0.3) is 0 Å². The van der Waals surface area contributed by atoms with Gasteiger partial charge in [0.25, 0.3) is 0 Å². The van der Waals surface area contributed by atoms with Crippen LogP contribution in [0.4, 0.5) is 0 Å². The molecule has 14 unspecified atom stereocenters. The van der Waals surface area contributed by atoms with Gasteiger partial charge in [-0.1, -0.05) is 6.92 Å². The molecule has 1 saturated heterocycles. The minimum atomic E-state index is -1.47. The predicted octanol–water partition coefficient (Wildman–Crippen LogP) is -0.174. The van der Waals surface area contributed by atoms with Crippen molar-refractivity contribution in [1.29, 1.82) is 0 Å². The molecular weight excluding hydrogens is 524 g/mol. The number of hydrogen-bond donors (Lipinski definition) is 6. The molecule has 1 aliphatic heterocycles. The fourth-order valence-corrected chi connectivity index (χ4v) is 9.42. The Labute approximate surface area is 231 Å². The monoisotopic (exact) mass is 564 g/mol. The first-order chi connectivity index (χ1) is 18.8. The highest BCUT2D eigenvalue weighted by atomic mass is 16.7. The molecule has 0 spiro atoms. The van der Waals surface area contributed by atoms with Crippen molar-refractivity contribution in [1.82, 2.24) is 0 Å². The van der Waals surface area contributed by atoms with Crippen LogP contribution in [0.3, 0.4) is 0 Å². The van der Waals surface area contributed by atoms with Gasteiger partial charge in [0.2, 0.25) is 0 Å². The standard InChI is InChI=1S/C29H40O11/c1-27-9-8-18(40-26-24(35)22(33)17(30)12-39-26)21(32)16(27)5-4-15-20(27)23(34)25(36)28(2)14(7-10-29(15,28)37)13-3-6-19(31)38-11-13/h3,6,11,14-18,20-24,26,30,32-35,37H,4-5,7-10,12H2,1-2H3. The number of Topliss-reactive ketones (excluding diaryl/α,β-unsaturated/α-hetero) is 1. The third-order valence-electron chi connectivity index (χ3n) is 11.6. The normalized spacial score (nSPS) is 52.5. The van der Waals surface area contributed by atoms with E-state index in [9.17, 15) is 40.2 Å². The minimum Gasteiger partial charge on any atom is -0.431 e. The van der Waals surface area contributed by atoms with Crippen molar-refractivity contribution < 1.29 is 49.3 Å². The first-order valence-electron chi connectivity index (χ1n) is 14.4. The smallest absolute Gasteiger partial charge is 0.335 e. The van der Waals surface area contributed by atoms with Gasteiger partial charge >= 0.3 is 5.63 Å².